The molecule has 2 heterocycles. The molecule has 0 aliphatic heterocycles. The van der Waals surface area contributed by atoms with Crippen LogP contribution in [0.5, 0.6) is 0 Å². The van der Waals surface area contributed by atoms with E-state index in [4.69, 9.17) is 5.73 Å². The van der Waals surface area contributed by atoms with Crippen molar-refractivity contribution in [1.29, 1.82) is 0 Å². The number of hydrogen-bond acceptors (Lipinski definition) is 4. The zero-order valence-electron chi connectivity index (χ0n) is 11.3. The molecule has 21 heavy (non-hydrogen) atoms. The monoisotopic (exact) mass is 301 g/mol. The third-order valence-electron chi connectivity index (χ3n) is 3.33. The summed E-state index contributed by atoms with van der Waals surface area (Å²) in [6.45, 7) is 0.458. The Kier molecular flexibility index (Phi) is 3.48. The van der Waals surface area contributed by atoms with Crippen molar-refractivity contribution in [2.24, 2.45) is 5.73 Å². The summed E-state index contributed by atoms with van der Waals surface area (Å²) in [7, 11) is -3.65. The van der Waals surface area contributed by atoms with E-state index in [1.165, 1.54) is 3.97 Å². The van der Waals surface area contributed by atoms with E-state index in [1.807, 2.05) is 6.07 Å². The molecule has 6 heteroatoms. The number of benzene rings is 1. The van der Waals surface area contributed by atoms with Gasteiger partial charge in [-0.25, -0.2) is 17.4 Å². The molecular formula is C15H15N3O2S. The molecule has 0 radical (unpaired) electrons. The minimum Gasteiger partial charge on any atom is -0.330 e. The van der Waals surface area contributed by atoms with E-state index in [0.717, 1.165) is 10.9 Å². The number of fused-ring (bicyclic) bond motifs is 1. The van der Waals surface area contributed by atoms with Gasteiger partial charge >= 0.3 is 0 Å². The Labute approximate surface area is 123 Å². The first-order chi connectivity index (χ1) is 10.1. The highest BCUT2D eigenvalue weighted by Gasteiger charge is 2.21. The summed E-state index contributed by atoms with van der Waals surface area (Å²) in [6.07, 6.45) is 3.82. The van der Waals surface area contributed by atoms with Crippen molar-refractivity contribution < 1.29 is 8.42 Å². The maximum Gasteiger partial charge on any atom is 0.269 e. The Balaban J connectivity index is 2.26. The maximum atomic E-state index is 12.8. The first-order valence-corrected chi connectivity index (χ1v) is 8.04. The first-order valence-electron chi connectivity index (χ1n) is 6.60. The summed E-state index contributed by atoms with van der Waals surface area (Å²) in [4.78, 5) is 4.46. The molecule has 2 aromatic heterocycles. The molecule has 0 bridgehead atoms. The number of aromatic nitrogens is 2. The summed E-state index contributed by atoms with van der Waals surface area (Å²) in [6, 6.07) is 12.0. The van der Waals surface area contributed by atoms with Crippen molar-refractivity contribution in [2.75, 3.05) is 6.54 Å². The fraction of sp³-hybridized carbons (Fsp3) is 0.133. The molecule has 0 saturated carbocycles. The van der Waals surface area contributed by atoms with Gasteiger partial charge in [-0.2, -0.15) is 0 Å². The molecule has 2 N–H and O–H groups in total. The Hall–Kier alpha value is -2.18. The minimum absolute atomic E-state index is 0.242. The topological polar surface area (TPSA) is 78.0 Å². The molecule has 0 unspecified atom stereocenters. The van der Waals surface area contributed by atoms with Gasteiger partial charge in [0.25, 0.3) is 10.0 Å². The van der Waals surface area contributed by atoms with Crippen molar-refractivity contribution in [3.63, 3.8) is 0 Å². The number of rotatable bonds is 4. The Morgan fingerprint density at radius 2 is 1.86 bits per heavy atom. The summed E-state index contributed by atoms with van der Waals surface area (Å²) in [5.74, 6) is 0. The molecule has 0 aliphatic rings. The molecule has 0 amide bonds. The van der Waals surface area contributed by atoms with Gasteiger partial charge in [0.05, 0.1) is 4.90 Å². The predicted octanol–water partition coefficient (Wildman–Crippen LogP) is 1.77. The average Bonchev–Trinajstić information content (AvgIpc) is 2.88. The van der Waals surface area contributed by atoms with E-state index in [0.29, 0.717) is 18.6 Å². The van der Waals surface area contributed by atoms with E-state index < -0.39 is 10.0 Å². The second kappa shape index (κ2) is 5.31. The van der Waals surface area contributed by atoms with E-state index in [2.05, 4.69) is 4.98 Å². The van der Waals surface area contributed by atoms with Gasteiger partial charge in [0.2, 0.25) is 0 Å². The quantitative estimate of drug-likeness (QED) is 0.796. The standard InChI is InChI=1S/C15H15N3O2S/c16-9-8-12-11-18(15-14(12)7-4-10-17-15)21(19,20)13-5-2-1-3-6-13/h1-7,10-11H,8-9,16H2. The third-order valence-corrected chi connectivity index (χ3v) is 4.99. The Bertz CT molecular complexity index is 870. The van der Waals surface area contributed by atoms with Crippen molar-refractivity contribution in [3.8, 4) is 0 Å². The van der Waals surface area contributed by atoms with Gasteiger partial charge in [0.1, 0.15) is 0 Å². The van der Waals surface area contributed by atoms with Crippen LogP contribution in [0.1, 0.15) is 5.56 Å². The Morgan fingerprint density at radius 1 is 1.10 bits per heavy atom. The highest BCUT2D eigenvalue weighted by atomic mass is 32.2. The molecule has 0 atom stereocenters. The number of nitrogens with zero attached hydrogens (tertiary/aromatic N) is 2. The van der Waals surface area contributed by atoms with Crippen LogP contribution in [0.3, 0.4) is 0 Å². The van der Waals surface area contributed by atoms with Gasteiger partial charge in [-0.1, -0.05) is 18.2 Å². The average molecular weight is 301 g/mol. The minimum atomic E-state index is -3.65. The van der Waals surface area contributed by atoms with E-state index in [-0.39, 0.29) is 4.90 Å². The molecule has 108 valence electrons. The lowest BCUT2D eigenvalue weighted by molar-refractivity contribution is 0.588. The fourth-order valence-electron chi connectivity index (χ4n) is 2.34. The summed E-state index contributed by atoms with van der Waals surface area (Å²) < 4.78 is 26.8. The lowest BCUT2D eigenvalue weighted by Crippen LogP contribution is -2.12. The zero-order valence-corrected chi connectivity index (χ0v) is 12.1. The summed E-state index contributed by atoms with van der Waals surface area (Å²) in [5.41, 5.74) is 6.93. The highest BCUT2D eigenvalue weighted by molar-refractivity contribution is 7.90. The van der Waals surface area contributed by atoms with Crippen molar-refractivity contribution in [3.05, 3.63) is 60.4 Å². The Morgan fingerprint density at radius 3 is 2.57 bits per heavy atom. The maximum absolute atomic E-state index is 12.8. The number of pyridine rings is 1. The lowest BCUT2D eigenvalue weighted by atomic mass is 10.2. The fourth-order valence-corrected chi connectivity index (χ4v) is 3.71. The molecule has 0 saturated heterocycles. The second-order valence-electron chi connectivity index (χ2n) is 4.68. The molecule has 0 aliphatic carbocycles. The van der Waals surface area contributed by atoms with Crippen LogP contribution < -0.4 is 5.73 Å². The zero-order chi connectivity index (χ0) is 14.9. The second-order valence-corrected chi connectivity index (χ2v) is 6.50. The van der Waals surface area contributed by atoms with Crippen molar-refractivity contribution >= 4 is 21.1 Å². The van der Waals surface area contributed by atoms with E-state index in [9.17, 15) is 8.42 Å². The lowest BCUT2D eigenvalue weighted by Gasteiger charge is -2.06. The van der Waals surface area contributed by atoms with Gasteiger partial charge in [-0.15, -0.1) is 0 Å². The SMILES string of the molecule is NCCc1cn(S(=O)(=O)c2ccccc2)c2ncccc12. The van der Waals surface area contributed by atoms with E-state index in [1.54, 1.807) is 48.8 Å². The number of nitrogens with two attached hydrogens (primary N) is 1. The van der Waals surface area contributed by atoms with Gasteiger partial charge in [-0.05, 0) is 42.8 Å². The van der Waals surface area contributed by atoms with Crippen LogP contribution in [0.15, 0.2) is 59.8 Å². The smallest absolute Gasteiger partial charge is 0.269 e. The predicted molar refractivity (Wildman–Crippen MR) is 81.5 cm³/mol. The molecule has 0 fully saturated rings. The van der Waals surface area contributed by atoms with Gasteiger partial charge in [-0.3, -0.25) is 0 Å². The summed E-state index contributed by atoms with van der Waals surface area (Å²) >= 11 is 0. The molecular weight excluding hydrogens is 286 g/mol. The van der Waals surface area contributed by atoms with Crippen LogP contribution in [0.2, 0.25) is 0 Å². The molecule has 1 aromatic carbocycles. The number of hydrogen-bond donors (Lipinski definition) is 1. The van der Waals surface area contributed by atoms with Crippen molar-refractivity contribution in [2.45, 2.75) is 11.3 Å². The first kappa shape index (κ1) is 13.8. The highest BCUT2D eigenvalue weighted by Crippen LogP contribution is 2.24. The summed E-state index contributed by atoms with van der Waals surface area (Å²) in [5, 5.41) is 0.822. The van der Waals surface area contributed by atoms with Crippen LogP contribution in [-0.4, -0.2) is 23.9 Å². The third kappa shape index (κ3) is 2.32. The van der Waals surface area contributed by atoms with Crippen molar-refractivity contribution in [1.82, 2.24) is 8.96 Å². The van der Waals surface area contributed by atoms with Crippen LogP contribution >= 0.6 is 0 Å². The van der Waals surface area contributed by atoms with Crippen LogP contribution in [0, 0.1) is 0 Å². The van der Waals surface area contributed by atoms with Gasteiger partial charge in [0.15, 0.2) is 5.65 Å². The molecule has 3 aromatic rings. The van der Waals surface area contributed by atoms with Crippen LogP contribution in [-0.2, 0) is 16.4 Å². The largest absolute Gasteiger partial charge is 0.330 e. The van der Waals surface area contributed by atoms with Crippen LogP contribution in [0.25, 0.3) is 11.0 Å². The normalized spacial score (nSPS) is 11.9. The molecule has 5 nitrogen and oxygen atoms in total. The van der Waals surface area contributed by atoms with Gasteiger partial charge in [0, 0.05) is 17.8 Å². The van der Waals surface area contributed by atoms with Crippen LogP contribution in [0.4, 0.5) is 0 Å². The molecule has 3 rings (SSSR count). The van der Waals surface area contributed by atoms with Gasteiger partial charge < -0.3 is 5.73 Å². The molecule has 0 spiro atoms. The van der Waals surface area contributed by atoms with E-state index >= 15 is 0 Å².